The van der Waals surface area contributed by atoms with E-state index >= 15 is 0 Å². The van der Waals surface area contributed by atoms with Crippen LogP contribution >= 0.6 is 0 Å². The molecule has 2 fully saturated rings. The van der Waals surface area contributed by atoms with E-state index in [1.807, 2.05) is 0 Å². The number of ether oxygens (including phenoxy) is 2. The van der Waals surface area contributed by atoms with Crippen molar-refractivity contribution in [3.63, 3.8) is 0 Å². The summed E-state index contributed by atoms with van der Waals surface area (Å²) in [4.78, 5) is 76.6. The monoisotopic (exact) mass is 454 g/mol. The Morgan fingerprint density at radius 3 is 2.22 bits per heavy atom. The van der Waals surface area contributed by atoms with Gasteiger partial charge in [0.25, 0.3) is 11.8 Å². The van der Waals surface area contributed by atoms with Crippen LogP contribution in [-0.2, 0) is 33.4 Å². The molecular weight excluding hydrogens is 424 g/mol. The number of hydrogen-bond donors (Lipinski definition) is 1. The fraction of sp³-hybridized carbons (Fsp3) is 0.700. The van der Waals surface area contributed by atoms with Crippen LogP contribution in [0.15, 0.2) is 0 Å². The van der Waals surface area contributed by atoms with Crippen LogP contribution in [0.2, 0.25) is 0 Å². The average molecular weight is 454 g/mol. The fourth-order valence-corrected chi connectivity index (χ4v) is 3.41. The molecule has 178 valence electrons. The minimum absolute atomic E-state index is 0.0423. The van der Waals surface area contributed by atoms with E-state index in [0.717, 1.165) is 12.0 Å². The van der Waals surface area contributed by atoms with Crippen molar-refractivity contribution in [2.75, 3.05) is 20.2 Å². The zero-order valence-electron chi connectivity index (χ0n) is 19.0. The average Bonchev–Trinajstić information content (AvgIpc) is 3.35. The molecule has 1 N–H and O–H groups in total. The lowest BCUT2D eigenvalue weighted by Gasteiger charge is -2.38. The Bertz CT molecular complexity index is 784. The van der Waals surface area contributed by atoms with Gasteiger partial charge in [0.15, 0.2) is 0 Å². The smallest absolute Gasteiger partial charge is 0.436 e. The quantitative estimate of drug-likeness (QED) is 0.344. The highest BCUT2D eigenvalue weighted by molar-refractivity contribution is 6.05. The molecule has 12 heteroatoms. The van der Waals surface area contributed by atoms with Gasteiger partial charge in [-0.15, -0.1) is 5.01 Å². The predicted octanol–water partition coefficient (Wildman–Crippen LogP) is -0.0438. The lowest BCUT2D eigenvalue weighted by Crippen LogP contribution is -2.63. The van der Waals surface area contributed by atoms with Gasteiger partial charge in [-0.25, -0.2) is 14.6 Å². The van der Waals surface area contributed by atoms with E-state index in [1.165, 1.54) is 6.92 Å². The molecule has 0 radical (unpaired) electrons. The van der Waals surface area contributed by atoms with Gasteiger partial charge >= 0.3 is 12.1 Å². The van der Waals surface area contributed by atoms with Crippen LogP contribution in [-0.4, -0.2) is 88.5 Å². The SMILES string of the molecule is COC(=O)[C@H](C)N(C(=O)CN1C(=O)CCC1=O)N(C(=O)OC(C)(C)C)C(=O)[C@@H]1CCCN1. The Morgan fingerprint density at radius 2 is 1.75 bits per heavy atom. The van der Waals surface area contributed by atoms with Gasteiger partial charge < -0.3 is 14.8 Å². The van der Waals surface area contributed by atoms with Crippen molar-refractivity contribution in [1.82, 2.24) is 20.2 Å². The summed E-state index contributed by atoms with van der Waals surface area (Å²) < 4.78 is 10.0. The summed E-state index contributed by atoms with van der Waals surface area (Å²) in [6, 6.07) is -2.20. The van der Waals surface area contributed by atoms with E-state index in [1.54, 1.807) is 20.8 Å². The number of carbonyl (C=O) groups is 6. The molecule has 2 saturated heterocycles. The Hall–Kier alpha value is -3.02. The molecule has 2 atom stereocenters. The van der Waals surface area contributed by atoms with Crippen LogP contribution in [0.25, 0.3) is 0 Å². The number of methoxy groups -OCH3 is 1. The topological polar surface area (TPSA) is 143 Å². The lowest BCUT2D eigenvalue weighted by molar-refractivity contribution is -0.175. The predicted molar refractivity (Wildman–Crippen MR) is 108 cm³/mol. The molecule has 2 rings (SSSR count). The molecule has 0 aromatic heterocycles. The second-order valence-corrected chi connectivity index (χ2v) is 8.59. The normalized spacial score (nSPS) is 19.5. The molecule has 12 nitrogen and oxygen atoms in total. The minimum Gasteiger partial charge on any atom is -0.467 e. The summed E-state index contributed by atoms with van der Waals surface area (Å²) in [5.74, 6) is -3.79. The zero-order chi connectivity index (χ0) is 24.2. The van der Waals surface area contributed by atoms with Gasteiger partial charge in [-0.05, 0) is 47.1 Å². The Morgan fingerprint density at radius 1 is 1.16 bits per heavy atom. The van der Waals surface area contributed by atoms with Crippen LogP contribution in [0.4, 0.5) is 4.79 Å². The number of nitrogens with one attached hydrogen (secondary N) is 1. The highest BCUT2D eigenvalue weighted by Crippen LogP contribution is 2.20. The molecule has 0 saturated carbocycles. The number of likely N-dealkylation sites (tertiary alicyclic amines) is 1. The molecule has 0 aromatic carbocycles. The van der Waals surface area contributed by atoms with Crippen molar-refractivity contribution in [2.45, 2.75) is 71.1 Å². The highest BCUT2D eigenvalue weighted by Gasteiger charge is 2.44. The first-order valence-corrected chi connectivity index (χ1v) is 10.4. The van der Waals surface area contributed by atoms with E-state index in [9.17, 15) is 28.8 Å². The van der Waals surface area contributed by atoms with Crippen LogP contribution in [0.1, 0.15) is 53.4 Å². The highest BCUT2D eigenvalue weighted by atomic mass is 16.6. The summed E-state index contributed by atoms with van der Waals surface area (Å²) in [6.45, 7) is 5.82. The van der Waals surface area contributed by atoms with Crippen molar-refractivity contribution >= 4 is 35.7 Å². The number of esters is 1. The van der Waals surface area contributed by atoms with Crippen molar-refractivity contribution in [1.29, 1.82) is 0 Å². The molecule has 0 spiro atoms. The third-order valence-corrected chi connectivity index (χ3v) is 4.96. The third kappa shape index (κ3) is 5.81. The fourth-order valence-electron chi connectivity index (χ4n) is 3.41. The second-order valence-electron chi connectivity index (χ2n) is 8.59. The van der Waals surface area contributed by atoms with E-state index in [0.29, 0.717) is 29.4 Å². The first kappa shape index (κ1) is 25.2. The Labute approximate surface area is 186 Å². The Balaban J connectivity index is 2.46. The summed E-state index contributed by atoms with van der Waals surface area (Å²) in [7, 11) is 1.09. The number of rotatable bonds is 5. The van der Waals surface area contributed by atoms with Gasteiger partial charge in [0, 0.05) is 12.8 Å². The van der Waals surface area contributed by atoms with Crippen LogP contribution in [0, 0.1) is 0 Å². The maximum Gasteiger partial charge on any atom is 0.436 e. The van der Waals surface area contributed by atoms with Crippen molar-refractivity contribution in [2.24, 2.45) is 0 Å². The standard InChI is InChI=1S/C20H30N4O8/c1-12(18(29)31-5)23(16(27)11-22-14(25)8-9-15(22)26)24(19(30)32-20(2,3)4)17(28)13-7-6-10-21-13/h12-13,21H,6-11H2,1-5H3/t12-,13-/m0/s1. The number of hydrazine groups is 1. The number of hydrogen-bond acceptors (Lipinski definition) is 9. The summed E-state index contributed by atoms with van der Waals surface area (Å²) >= 11 is 0. The van der Waals surface area contributed by atoms with Crippen LogP contribution in [0.3, 0.4) is 0 Å². The zero-order valence-corrected chi connectivity index (χ0v) is 19.0. The van der Waals surface area contributed by atoms with Crippen molar-refractivity contribution in [3.05, 3.63) is 0 Å². The molecule has 2 heterocycles. The maximum absolute atomic E-state index is 13.3. The van der Waals surface area contributed by atoms with E-state index in [-0.39, 0.29) is 12.8 Å². The van der Waals surface area contributed by atoms with Crippen LogP contribution in [0.5, 0.6) is 0 Å². The minimum atomic E-state index is -1.42. The molecular formula is C20H30N4O8. The third-order valence-electron chi connectivity index (χ3n) is 4.96. The van der Waals surface area contributed by atoms with Crippen molar-refractivity contribution in [3.8, 4) is 0 Å². The second kappa shape index (κ2) is 10.1. The summed E-state index contributed by atoms with van der Waals surface area (Å²) in [6.07, 6.45) is -0.163. The van der Waals surface area contributed by atoms with E-state index in [4.69, 9.17) is 9.47 Å². The van der Waals surface area contributed by atoms with Gasteiger partial charge in [0.1, 0.15) is 18.2 Å². The molecule has 0 aliphatic carbocycles. The number of imide groups is 2. The first-order valence-electron chi connectivity index (χ1n) is 10.4. The maximum atomic E-state index is 13.3. The summed E-state index contributed by atoms with van der Waals surface area (Å²) in [5, 5.41) is 4.03. The molecule has 0 unspecified atom stereocenters. The lowest BCUT2D eigenvalue weighted by atomic mass is 10.2. The number of amides is 5. The van der Waals surface area contributed by atoms with Crippen LogP contribution < -0.4 is 5.32 Å². The molecule has 2 aliphatic heterocycles. The molecule has 32 heavy (non-hydrogen) atoms. The van der Waals surface area contributed by atoms with E-state index in [2.05, 4.69) is 5.32 Å². The van der Waals surface area contributed by atoms with Crippen molar-refractivity contribution < 1.29 is 38.2 Å². The van der Waals surface area contributed by atoms with Gasteiger partial charge in [0.2, 0.25) is 11.8 Å². The van der Waals surface area contributed by atoms with Gasteiger partial charge in [-0.1, -0.05) is 0 Å². The van der Waals surface area contributed by atoms with E-state index < -0.39 is 59.9 Å². The molecule has 0 bridgehead atoms. The van der Waals surface area contributed by atoms with Gasteiger partial charge in [0.05, 0.1) is 13.2 Å². The van der Waals surface area contributed by atoms with Gasteiger partial charge in [-0.2, -0.15) is 0 Å². The summed E-state index contributed by atoms with van der Waals surface area (Å²) in [5.41, 5.74) is -1.01. The number of carbonyl (C=O) groups excluding carboxylic acids is 6. The molecule has 5 amide bonds. The molecule has 0 aromatic rings. The Kier molecular flexibility index (Phi) is 7.94. The molecule has 2 aliphatic rings. The first-order chi connectivity index (χ1) is 14.9. The largest absolute Gasteiger partial charge is 0.467 e. The van der Waals surface area contributed by atoms with Gasteiger partial charge in [-0.3, -0.25) is 24.1 Å². The number of nitrogens with zero attached hydrogens (tertiary/aromatic N) is 3.